The molecule has 0 saturated heterocycles. The quantitative estimate of drug-likeness (QED) is 0.896. The van der Waals surface area contributed by atoms with E-state index in [0.29, 0.717) is 12.6 Å². The molecule has 0 radical (unpaired) electrons. The van der Waals surface area contributed by atoms with Crippen LogP contribution in [0.2, 0.25) is 5.02 Å². The molecular weight excluding hydrogens is 314 g/mol. The third-order valence-electron chi connectivity index (χ3n) is 2.62. The Kier molecular flexibility index (Phi) is 4.30. The smallest absolute Gasteiger partial charge is 0.0729 e. The molecule has 1 heterocycles. The average Bonchev–Trinajstić information content (AvgIpc) is 2.79. The molecule has 0 spiro atoms. The topological polar surface area (TPSA) is 29.9 Å². The van der Waals surface area contributed by atoms with Gasteiger partial charge in [0.2, 0.25) is 0 Å². The van der Waals surface area contributed by atoms with Gasteiger partial charge in [-0.2, -0.15) is 5.10 Å². The molecule has 2 aromatic rings. The highest BCUT2D eigenvalue weighted by Crippen LogP contribution is 2.22. The van der Waals surface area contributed by atoms with Gasteiger partial charge in [0.15, 0.2) is 0 Å². The molecule has 0 bridgehead atoms. The maximum absolute atomic E-state index is 6.14. The summed E-state index contributed by atoms with van der Waals surface area (Å²) in [6, 6.07) is 6.21. The van der Waals surface area contributed by atoms with Gasteiger partial charge in [-0.1, -0.05) is 27.5 Å². The lowest BCUT2D eigenvalue weighted by Crippen LogP contribution is -2.01. The second-order valence-corrected chi connectivity index (χ2v) is 5.71. The third-order valence-corrected chi connectivity index (χ3v) is 3.48. The Morgan fingerprint density at radius 2 is 2.22 bits per heavy atom. The second-order valence-electron chi connectivity index (χ2n) is 4.39. The van der Waals surface area contributed by atoms with Crippen LogP contribution in [0, 0.1) is 0 Å². The van der Waals surface area contributed by atoms with E-state index in [2.05, 4.69) is 40.2 Å². The Bertz CT molecular complexity index is 537. The van der Waals surface area contributed by atoms with Crippen molar-refractivity contribution in [3.63, 3.8) is 0 Å². The third kappa shape index (κ3) is 3.27. The van der Waals surface area contributed by atoms with E-state index in [0.717, 1.165) is 20.7 Å². The predicted molar refractivity (Wildman–Crippen MR) is 79.1 cm³/mol. The number of hydrogen-bond donors (Lipinski definition) is 1. The normalized spacial score (nSPS) is 10.9. The number of aromatic nitrogens is 2. The van der Waals surface area contributed by atoms with Gasteiger partial charge < -0.3 is 5.32 Å². The van der Waals surface area contributed by atoms with Crippen molar-refractivity contribution < 1.29 is 0 Å². The van der Waals surface area contributed by atoms with E-state index in [4.69, 9.17) is 11.6 Å². The van der Waals surface area contributed by atoms with Crippen molar-refractivity contribution in [1.29, 1.82) is 0 Å². The second kappa shape index (κ2) is 5.76. The fourth-order valence-electron chi connectivity index (χ4n) is 1.59. The van der Waals surface area contributed by atoms with E-state index >= 15 is 0 Å². The molecule has 0 atom stereocenters. The number of hydrogen-bond acceptors (Lipinski definition) is 2. The molecule has 2 rings (SSSR count). The standard InChI is InChI=1S/C13H15BrClN3/c1-9(2)18-8-12(7-17-18)16-6-10-5-11(14)3-4-13(10)15/h3-5,7-9,16H,6H2,1-2H3. The first-order valence-corrected chi connectivity index (χ1v) is 6.95. The molecule has 1 aromatic heterocycles. The van der Waals surface area contributed by atoms with E-state index in [-0.39, 0.29) is 0 Å². The van der Waals surface area contributed by atoms with Crippen LogP contribution in [0.3, 0.4) is 0 Å². The lowest BCUT2D eigenvalue weighted by atomic mass is 10.2. The van der Waals surface area contributed by atoms with E-state index in [1.165, 1.54) is 0 Å². The molecule has 0 fully saturated rings. The Hall–Kier alpha value is -1.00. The summed E-state index contributed by atoms with van der Waals surface area (Å²) in [6.07, 6.45) is 3.82. The van der Waals surface area contributed by atoms with Crippen molar-refractivity contribution in [2.75, 3.05) is 5.32 Å². The monoisotopic (exact) mass is 327 g/mol. The van der Waals surface area contributed by atoms with E-state index in [9.17, 15) is 0 Å². The zero-order valence-electron chi connectivity index (χ0n) is 10.3. The van der Waals surface area contributed by atoms with E-state index in [1.807, 2.05) is 35.3 Å². The van der Waals surface area contributed by atoms with Crippen molar-refractivity contribution in [2.24, 2.45) is 0 Å². The number of anilines is 1. The molecule has 96 valence electrons. The maximum atomic E-state index is 6.14. The summed E-state index contributed by atoms with van der Waals surface area (Å²) in [4.78, 5) is 0. The van der Waals surface area contributed by atoms with Crippen LogP contribution in [0.1, 0.15) is 25.5 Å². The minimum Gasteiger partial charge on any atom is -0.378 e. The summed E-state index contributed by atoms with van der Waals surface area (Å²) in [7, 11) is 0. The molecule has 5 heteroatoms. The SMILES string of the molecule is CC(C)n1cc(NCc2cc(Br)ccc2Cl)cn1. The largest absolute Gasteiger partial charge is 0.378 e. The van der Waals surface area contributed by atoms with Crippen molar-refractivity contribution in [2.45, 2.75) is 26.4 Å². The first kappa shape index (κ1) is 13.4. The lowest BCUT2D eigenvalue weighted by Gasteiger charge is -2.07. The van der Waals surface area contributed by atoms with Gasteiger partial charge in [0.05, 0.1) is 11.9 Å². The average molecular weight is 329 g/mol. The van der Waals surface area contributed by atoms with Crippen molar-refractivity contribution in [1.82, 2.24) is 9.78 Å². The fourth-order valence-corrected chi connectivity index (χ4v) is 2.18. The Balaban J connectivity index is 2.04. The summed E-state index contributed by atoms with van der Waals surface area (Å²) in [6.45, 7) is 4.88. The van der Waals surface area contributed by atoms with Crippen LogP contribution in [0.4, 0.5) is 5.69 Å². The number of nitrogens with zero attached hydrogens (tertiary/aromatic N) is 2. The summed E-state index contributed by atoms with van der Waals surface area (Å²) >= 11 is 9.58. The molecule has 0 aliphatic rings. The number of rotatable bonds is 4. The van der Waals surface area contributed by atoms with Gasteiger partial charge >= 0.3 is 0 Å². The van der Waals surface area contributed by atoms with Gasteiger partial charge in [-0.25, -0.2) is 0 Å². The van der Waals surface area contributed by atoms with Crippen LogP contribution in [-0.4, -0.2) is 9.78 Å². The van der Waals surface area contributed by atoms with Gasteiger partial charge in [-0.3, -0.25) is 4.68 Å². The Morgan fingerprint density at radius 3 is 2.89 bits per heavy atom. The summed E-state index contributed by atoms with van der Waals surface area (Å²) in [5.41, 5.74) is 2.06. The molecule has 0 saturated carbocycles. The van der Waals surface area contributed by atoms with Gasteiger partial charge in [-0.05, 0) is 37.6 Å². The Labute approximate surface area is 120 Å². The summed E-state index contributed by atoms with van der Waals surface area (Å²) < 4.78 is 2.95. The molecule has 0 unspecified atom stereocenters. The zero-order valence-corrected chi connectivity index (χ0v) is 12.7. The van der Waals surface area contributed by atoms with E-state index < -0.39 is 0 Å². The molecule has 18 heavy (non-hydrogen) atoms. The lowest BCUT2D eigenvalue weighted by molar-refractivity contribution is 0.532. The van der Waals surface area contributed by atoms with Crippen molar-refractivity contribution >= 4 is 33.2 Å². The highest BCUT2D eigenvalue weighted by atomic mass is 79.9. The van der Waals surface area contributed by atoms with Gasteiger partial charge in [-0.15, -0.1) is 0 Å². The van der Waals surface area contributed by atoms with Crippen LogP contribution in [0.15, 0.2) is 35.1 Å². The molecule has 1 N–H and O–H groups in total. The molecule has 1 aromatic carbocycles. The highest BCUT2D eigenvalue weighted by Gasteiger charge is 2.04. The minimum atomic E-state index is 0.370. The van der Waals surface area contributed by atoms with Crippen molar-refractivity contribution in [3.8, 4) is 0 Å². The van der Waals surface area contributed by atoms with Crippen LogP contribution in [0.25, 0.3) is 0 Å². The fraction of sp³-hybridized carbons (Fsp3) is 0.308. The number of halogens is 2. The molecular formula is C13H15BrClN3. The van der Waals surface area contributed by atoms with Crippen LogP contribution < -0.4 is 5.32 Å². The van der Waals surface area contributed by atoms with Gasteiger partial charge in [0, 0.05) is 28.3 Å². The molecule has 0 amide bonds. The summed E-state index contributed by atoms with van der Waals surface area (Å²) in [5, 5.41) is 8.36. The van der Waals surface area contributed by atoms with Crippen LogP contribution >= 0.6 is 27.5 Å². The molecule has 0 aliphatic heterocycles. The van der Waals surface area contributed by atoms with Crippen molar-refractivity contribution in [3.05, 3.63) is 45.7 Å². The number of nitrogens with one attached hydrogen (secondary N) is 1. The minimum absolute atomic E-state index is 0.370. The highest BCUT2D eigenvalue weighted by molar-refractivity contribution is 9.10. The predicted octanol–water partition coefficient (Wildman–Crippen LogP) is 4.49. The molecule has 0 aliphatic carbocycles. The Morgan fingerprint density at radius 1 is 1.44 bits per heavy atom. The van der Waals surface area contributed by atoms with Crippen LogP contribution in [-0.2, 0) is 6.54 Å². The van der Waals surface area contributed by atoms with Gasteiger partial charge in [0.1, 0.15) is 0 Å². The van der Waals surface area contributed by atoms with Crippen LogP contribution in [0.5, 0.6) is 0 Å². The molecule has 3 nitrogen and oxygen atoms in total. The maximum Gasteiger partial charge on any atom is 0.0729 e. The van der Waals surface area contributed by atoms with Gasteiger partial charge in [0.25, 0.3) is 0 Å². The first-order chi connectivity index (χ1) is 8.56. The first-order valence-electron chi connectivity index (χ1n) is 5.78. The summed E-state index contributed by atoms with van der Waals surface area (Å²) in [5.74, 6) is 0. The number of benzene rings is 1. The van der Waals surface area contributed by atoms with E-state index in [1.54, 1.807) is 0 Å². The zero-order chi connectivity index (χ0) is 13.1.